The first-order valence-electron chi connectivity index (χ1n) is 8.41. The molecule has 0 aliphatic heterocycles. The van der Waals surface area contributed by atoms with Gasteiger partial charge < -0.3 is 20.1 Å². The molecule has 2 amide bonds. The summed E-state index contributed by atoms with van der Waals surface area (Å²) >= 11 is 6.02. The predicted octanol–water partition coefficient (Wildman–Crippen LogP) is 3.30. The Morgan fingerprint density at radius 2 is 2.00 bits per heavy atom. The van der Waals surface area contributed by atoms with Crippen molar-refractivity contribution in [3.05, 3.63) is 28.8 Å². The summed E-state index contributed by atoms with van der Waals surface area (Å²) in [6.45, 7) is 8.17. The van der Waals surface area contributed by atoms with Crippen molar-refractivity contribution in [2.24, 2.45) is 5.92 Å². The molecule has 25 heavy (non-hydrogen) atoms. The zero-order valence-corrected chi connectivity index (χ0v) is 16.0. The number of nitrogens with one attached hydrogen (secondary N) is 2. The van der Waals surface area contributed by atoms with Crippen molar-refractivity contribution >= 4 is 23.6 Å². The van der Waals surface area contributed by atoms with E-state index >= 15 is 0 Å². The molecule has 0 aliphatic carbocycles. The van der Waals surface area contributed by atoms with Crippen molar-refractivity contribution in [1.29, 1.82) is 0 Å². The summed E-state index contributed by atoms with van der Waals surface area (Å²) in [5, 5.41) is 6.12. The molecule has 0 heterocycles. The number of hydrogen-bond acceptors (Lipinski definition) is 4. The van der Waals surface area contributed by atoms with E-state index in [1.807, 2.05) is 20.8 Å². The quantitative estimate of drug-likeness (QED) is 0.699. The average Bonchev–Trinajstić information content (AvgIpc) is 2.53. The monoisotopic (exact) mass is 370 g/mol. The van der Waals surface area contributed by atoms with E-state index in [9.17, 15) is 9.59 Å². The van der Waals surface area contributed by atoms with Crippen molar-refractivity contribution in [2.75, 3.05) is 19.8 Å². The maximum atomic E-state index is 12.0. The van der Waals surface area contributed by atoms with Gasteiger partial charge in [0.2, 0.25) is 0 Å². The van der Waals surface area contributed by atoms with Crippen LogP contribution in [-0.4, -0.2) is 37.8 Å². The Balaban J connectivity index is 2.47. The Bertz CT molecular complexity index is 578. The smallest absolute Gasteiger partial charge is 0.407 e. The molecule has 0 spiro atoms. The number of amides is 2. The van der Waals surface area contributed by atoms with Gasteiger partial charge in [-0.3, -0.25) is 4.79 Å². The Morgan fingerprint density at radius 3 is 2.64 bits per heavy atom. The van der Waals surface area contributed by atoms with Crippen LogP contribution in [0.1, 0.15) is 32.8 Å². The van der Waals surface area contributed by atoms with E-state index in [-0.39, 0.29) is 18.6 Å². The number of rotatable bonds is 9. The standard InChI is InChI=1S/C18H27ClN2O4/c1-5-24-18(23)21-14(9-12(2)3)10-20-17(22)11-25-16-8-6-7-15(19)13(16)4/h6-8,12,14H,5,9-11H2,1-4H3,(H,20,22)(H,21,23). The highest BCUT2D eigenvalue weighted by molar-refractivity contribution is 6.31. The molecule has 1 aromatic rings. The number of carbonyl (C=O) groups is 2. The van der Waals surface area contributed by atoms with E-state index < -0.39 is 6.09 Å². The normalized spacial score (nSPS) is 11.8. The first kappa shape index (κ1) is 21.1. The van der Waals surface area contributed by atoms with Crippen LogP contribution < -0.4 is 15.4 Å². The lowest BCUT2D eigenvalue weighted by Crippen LogP contribution is -2.45. The maximum Gasteiger partial charge on any atom is 0.407 e. The third-order valence-electron chi connectivity index (χ3n) is 3.48. The van der Waals surface area contributed by atoms with Crippen LogP contribution in [-0.2, 0) is 9.53 Å². The molecular weight excluding hydrogens is 344 g/mol. The lowest BCUT2D eigenvalue weighted by molar-refractivity contribution is -0.123. The van der Waals surface area contributed by atoms with Crippen LogP contribution in [0.25, 0.3) is 0 Å². The minimum atomic E-state index is -0.479. The molecule has 0 saturated heterocycles. The molecule has 6 nitrogen and oxygen atoms in total. The fraction of sp³-hybridized carbons (Fsp3) is 0.556. The van der Waals surface area contributed by atoms with Gasteiger partial charge in [0.15, 0.2) is 6.61 Å². The lowest BCUT2D eigenvalue weighted by Gasteiger charge is -2.21. The van der Waals surface area contributed by atoms with Gasteiger partial charge in [0.1, 0.15) is 5.75 Å². The number of benzene rings is 1. The van der Waals surface area contributed by atoms with E-state index in [1.165, 1.54) is 0 Å². The van der Waals surface area contributed by atoms with E-state index in [2.05, 4.69) is 10.6 Å². The second-order valence-electron chi connectivity index (χ2n) is 6.15. The highest BCUT2D eigenvalue weighted by atomic mass is 35.5. The van der Waals surface area contributed by atoms with E-state index in [1.54, 1.807) is 25.1 Å². The minimum Gasteiger partial charge on any atom is -0.483 e. The molecule has 0 saturated carbocycles. The number of alkyl carbamates (subject to hydrolysis) is 1. The van der Waals surface area contributed by atoms with Gasteiger partial charge in [-0.25, -0.2) is 4.79 Å². The largest absolute Gasteiger partial charge is 0.483 e. The van der Waals surface area contributed by atoms with Crippen LogP contribution in [0.4, 0.5) is 4.79 Å². The summed E-state index contributed by atoms with van der Waals surface area (Å²) in [5.74, 6) is 0.680. The molecule has 1 aromatic carbocycles. The van der Waals surface area contributed by atoms with Crippen molar-refractivity contribution in [2.45, 2.75) is 40.2 Å². The van der Waals surface area contributed by atoms with Crippen molar-refractivity contribution < 1.29 is 19.1 Å². The van der Waals surface area contributed by atoms with Crippen LogP contribution in [0.2, 0.25) is 5.02 Å². The first-order chi connectivity index (χ1) is 11.8. The van der Waals surface area contributed by atoms with Crippen LogP contribution >= 0.6 is 11.6 Å². The Labute approximate surface area is 154 Å². The Morgan fingerprint density at radius 1 is 1.28 bits per heavy atom. The van der Waals surface area contributed by atoms with Gasteiger partial charge >= 0.3 is 6.09 Å². The average molecular weight is 371 g/mol. The topological polar surface area (TPSA) is 76.7 Å². The lowest BCUT2D eigenvalue weighted by atomic mass is 10.0. The fourth-order valence-corrected chi connectivity index (χ4v) is 2.44. The third-order valence-corrected chi connectivity index (χ3v) is 3.89. The van der Waals surface area contributed by atoms with Gasteiger partial charge in [0.25, 0.3) is 5.91 Å². The summed E-state index contributed by atoms with van der Waals surface area (Å²) in [6.07, 6.45) is 0.251. The van der Waals surface area contributed by atoms with Gasteiger partial charge in [-0.1, -0.05) is 31.5 Å². The van der Waals surface area contributed by atoms with Crippen molar-refractivity contribution in [3.63, 3.8) is 0 Å². The minimum absolute atomic E-state index is 0.116. The molecule has 0 aromatic heterocycles. The molecular formula is C18H27ClN2O4. The molecule has 0 radical (unpaired) electrons. The van der Waals surface area contributed by atoms with Gasteiger partial charge in [-0.15, -0.1) is 0 Å². The third kappa shape index (κ3) is 8.12. The number of hydrogen-bond donors (Lipinski definition) is 2. The van der Waals surface area contributed by atoms with E-state index in [4.69, 9.17) is 21.1 Å². The maximum absolute atomic E-state index is 12.0. The van der Waals surface area contributed by atoms with Crippen LogP contribution in [0.15, 0.2) is 18.2 Å². The molecule has 1 rings (SSSR count). The van der Waals surface area contributed by atoms with Crippen molar-refractivity contribution in [1.82, 2.24) is 10.6 Å². The molecule has 0 bridgehead atoms. The van der Waals surface area contributed by atoms with Gasteiger partial charge in [0, 0.05) is 23.2 Å². The van der Waals surface area contributed by atoms with Crippen LogP contribution in [0, 0.1) is 12.8 Å². The SMILES string of the molecule is CCOC(=O)NC(CNC(=O)COc1cccc(Cl)c1C)CC(C)C. The highest BCUT2D eigenvalue weighted by Gasteiger charge is 2.16. The zero-order valence-electron chi connectivity index (χ0n) is 15.2. The number of halogens is 1. The fourth-order valence-electron chi connectivity index (χ4n) is 2.28. The zero-order chi connectivity index (χ0) is 18.8. The molecule has 0 fully saturated rings. The second kappa shape index (κ2) is 10.8. The molecule has 0 aliphatic rings. The van der Waals surface area contributed by atoms with E-state index in [0.29, 0.717) is 29.8 Å². The Kier molecular flexibility index (Phi) is 9.13. The summed E-state index contributed by atoms with van der Waals surface area (Å²) in [5.41, 5.74) is 0.790. The summed E-state index contributed by atoms with van der Waals surface area (Å²) in [6, 6.07) is 5.10. The molecule has 140 valence electrons. The second-order valence-corrected chi connectivity index (χ2v) is 6.55. The van der Waals surface area contributed by atoms with Crippen molar-refractivity contribution in [3.8, 4) is 5.75 Å². The van der Waals surface area contributed by atoms with Gasteiger partial charge in [-0.2, -0.15) is 0 Å². The van der Waals surface area contributed by atoms with E-state index in [0.717, 1.165) is 12.0 Å². The van der Waals surface area contributed by atoms with Gasteiger partial charge in [0.05, 0.1) is 6.61 Å². The van der Waals surface area contributed by atoms with Crippen LogP contribution in [0.5, 0.6) is 5.75 Å². The first-order valence-corrected chi connectivity index (χ1v) is 8.79. The van der Waals surface area contributed by atoms with Gasteiger partial charge in [-0.05, 0) is 38.3 Å². The summed E-state index contributed by atoms with van der Waals surface area (Å²) < 4.78 is 10.4. The Hall–Kier alpha value is -1.95. The summed E-state index contributed by atoms with van der Waals surface area (Å²) in [4.78, 5) is 23.6. The molecule has 2 N–H and O–H groups in total. The predicted molar refractivity (Wildman–Crippen MR) is 98.1 cm³/mol. The van der Waals surface area contributed by atoms with Crippen LogP contribution in [0.3, 0.4) is 0 Å². The molecule has 7 heteroatoms. The molecule has 1 unspecified atom stereocenters. The molecule has 1 atom stereocenters. The number of carbonyl (C=O) groups excluding carboxylic acids is 2. The highest BCUT2D eigenvalue weighted by Crippen LogP contribution is 2.24. The summed E-state index contributed by atoms with van der Waals surface area (Å²) in [7, 11) is 0. The number of ether oxygens (including phenoxy) is 2.